The van der Waals surface area contributed by atoms with Crippen molar-refractivity contribution < 1.29 is 28.7 Å². The summed E-state index contributed by atoms with van der Waals surface area (Å²) >= 11 is 0. The second kappa shape index (κ2) is 10.4. The lowest BCUT2D eigenvalue weighted by Gasteiger charge is -2.28. The number of hydrogen-bond donors (Lipinski definition) is 0. The van der Waals surface area contributed by atoms with Gasteiger partial charge in [-0.1, -0.05) is 18.2 Å². The molecule has 8 nitrogen and oxygen atoms in total. The van der Waals surface area contributed by atoms with Crippen LogP contribution in [-0.4, -0.2) is 72.4 Å². The molecule has 1 fully saturated rings. The van der Waals surface area contributed by atoms with Gasteiger partial charge in [-0.25, -0.2) is 9.59 Å². The standard InChI is InChI=1S/C21H26N2O6/c1-4-22(5-2)21(27)17-13-16(29-19(25)12-11-18(24)28-3)14-23(17)20(26)15-9-7-6-8-10-15/h6-12,16-17H,4-5,13-14H2,1-3H3/b12-11+/t16-,17+/m1/s1. The number of likely N-dealkylation sites (tertiary alicyclic amines) is 1. The van der Waals surface area contributed by atoms with Crippen LogP contribution in [0.2, 0.25) is 0 Å². The van der Waals surface area contributed by atoms with Gasteiger partial charge in [0.1, 0.15) is 12.1 Å². The zero-order chi connectivity index (χ0) is 21.4. The molecule has 0 radical (unpaired) electrons. The number of amides is 2. The summed E-state index contributed by atoms with van der Waals surface area (Å²) < 4.78 is 9.78. The van der Waals surface area contributed by atoms with Crippen molar-refractivity contribution >= 4 is 23.8 Å². The van der Waals surface area contributed by atoms with Gasteiger partial charge in [0.25, 0.3) is 5.91 Å². The molecule has 0 aromatic heterocycles. The molecule has 1 heterocycles. The van der Waals surface area contributed by atoms with Gasteiger partial charge in [-0.05, 0) is 26.0 Å². The number of nitrogens with zero attached hydrogens (tertiary/aromatic N) is 2. The lowest BCUT2D eigenvalue weighted by Crippen LogP contribution is -2.47. The maximum absolute atomic E-state index is 13.0. The van der Waals surface area contributed by atoms with Crippen molar-refractivity contribution in [3.8, 4) is 0 Å². The number of benzene rings is 1. The van der Waals surface area contributed by atoms with Crippen LogP contribution in [0.25, 0.3) is 0 Å². The largest absolute Gasteiger partial charge is 0.466 e. The summed E-state index contributed by atoms with van der Waals surface area (Å²) in [4.78, 5) is 52.1. The molecule has 0 spiro atoms. The Morgan fingerprint density at radius 3 is 2.28 bits per heavy atom. The molecule has 1 saturated heterocycles. The van der Waals surface area contributed by atoms with Gasteiger partial charge in [0.15, 0.2) is 0 Å². The predicted molar refractivity (Wildman–Crippen MR) is 105 cm³/mol. The Hall–Kier alpha value is -3.16. The molecule has 156 valence electrons. The summed E-state index contributed by atoms with van der Waals surface area (Å²) in [6.45, 7) is 4.88. The van der Waals surface area contributed by atoms with Gasteiger partial charge in [-0.3, -0.25) is 9.59 Å². The van der Waals surface area contributed by atoms with Crippen molar-refractivity contribution in [1.29, 1.82) is 0 Å². The average molecular weight is 402 g/mol. The summed E-state index contributed by atoms with van der Waals surface area (Å²) in [6, 6.07) is 7.95. The highest BCUT2D eigenvalue weighted by Crippen LogP contribution is 2.25. The van der Waals surface area contributed by atoms with Crippen molar-refractivity contribution in [1.82, 2.24) is 9.80 Å². The fourth-order valence-corrected chi connectivity index (χ4v) is 3.24. The van der Waals surface area contributed by atoms with Gasteiger partial charge in [-0.2, -0.15) is 0 Å². The van der Waals surface area contributed by atoms with Crippen molar-refractivity contribution in [3.05, 3.63) is 48.0 Å². The molecular formula is C21H26N2O6. The Morgan fingerprint density at radius 2 is 1.69 bits per heavy atom. The third-order valence-electron chi connectivity index (χ3n) is 4.74. The molecule has 8 heteroatoms. The van der Waals surface area contributed by atoms with Crippen molar-refractivity contribution in [2.75, 3.05) is 26.7 Å². The molecule has 0 bridgehead atoms. The fraction of sp³-hybridized carbons (Fsp3) is 0.429. The van der Waals surface area contributed by atoms with Gasteiger partial charge in [0.05, 0.1) is 13.7 Å². The molecule has 0 aliphatic carbocycles. The first-order valence-corrected chi connectivity index (χ1v) is 9.52. The molecule has 1 aliphatic rings. The summed E-state index contributed by atoms with van der Waals surface area (Å²) in [5.41, 5.74) is 0.461. The van der Waals surface area contributed by atoms with Crippen LogP contribution in [0, 0.1) is 0 Å². The molecule has 29 heavy (non-hydrogen) atoms. The maximum atomic E-state index is 13.0. The van der Waals surface area contributed by atoms with Crippen LogP contribution >= 0.6 is 0 Å². The van der Waals surface area contributed by atoms with Gasteiger partial charge in [0.2, 0.25) is 5.91 Å². The highest BCUT2D eigenvalue weighted by Gasteiger charge is 2.42. The number of rotatable bonds is 7. The quantitative estimate of drug-likeness (QED) is 0.506. The van der Waals surface area contributed by atoms with E-state index < -0.39 is 24.1 Å². The average Bonchev–Trinajstić information content (AvgIpc) is 3.16. The Balaban J connectivity index is 2.18. The van der Waals surface area contributed by atoms with E-state index >= 15 is 0 Å². The maximum Gasteiger partial charge on any atom is 0.331 e. The topological polar surface area (TPSA) is 93.2 Å². The Kier molecular flexibility index (Phi) is 7.94. The first kappa shape index (κ1) is 22.1. The summed E-state index contributed by atoms with van der Waals surface area (Å²) in [5, 5.41) is 0. The van der Waals surface area contributed by atoms with Crippen LogP contribution in [0.15, 0.2) is 42.5 Å². The smallest absolute Gasteiger partial charge is 0.331 e. The van der Waals surface area contributed by atoms with E-state index in [9.17, 15) is 19.2 Å². The summed E-state index contributed by atoms with van der Waals surface area (Å²) in [7, 11) is 1.20. The number of carbonyl (C=O) groups excluding carboxylic acids is 4. The molecule has 0 N–H and O–H groups in total. The van der Waals surface area contributed by atoms with E-state index in [-0.39, 0.29) is 24.8 Å². The van der Waals surface area contributed by atoms with Gasteiger partial charge < -0.3 is 19.3 Å². The zero-order valence-electron chi connectivity index (χ0n) is 16.9. The van der Waals surface area contributed by atoms with Gasteiger partial charge in [-0.15, -0.1) is 0 Å². The van der Waals surface area contributed by atoms with Gasteiger partial charge in [0, 0.05) is 37.2 Å². The van der Waals surface area contributed by atoms with Crippen LogP contribution < -0.4 is 0 Å². The lowest BCUT2D eigenvalue weighted by molar-refractivity contribution is -0.143. The number of esters is 2. The SMILES string of the molecule is CCN(CC)C(=O)[C@@H]1C[C@@H](OC(=O)/C=C/C(=O)OC)CN1C(=O)c1ccccc1. The summed E-state index contributed by atoms with van der Waals surface area (Å²) in [6.07, 6.45) is 1.48. The first-order chi connectivity index (χ1) is 13.9. The second-order valence-corrected chi connectivity index (χ2v) is 6.50. The van der Waals surface area contributed by atoms with Crippen LogP contribution in [0.3, 0.4) is 0 Å². The monoisotopic (exact) mass is 402 g/mol. The third kappa shape index (κ3) is 5.66. The first-order valence-electron chi connectivity index (χ1n) is 9.52. The fourth-order valence-electron chi connectivity index (χ4n) is 3.24. The van der Waals surface area contributed by atoms with E-state index in [1.807, 2.05) is 13.8 Å². The van der Waals surface area contributed by atoms with Crippen LogP contribution in [-0.2, 0) is 23.9 Å². The Bertz CT molecular complexity index is 773. The molecule has 0 saturated carbocycles. The molecule has 2 atom stereocenters. The van der Waals surface area contributed by atoms with Crippen LogP contribution in [0.1, 0.15) is 30.6 Å². The number of methoxy groups -OCH3 is 1. The minimum absolute atomic E-state index is 0.100. The van der Waals surface area contributed by atoms with Crippen molar-refractivity contribution in [2.45, 2.75) is 32.4 Å². The lowest BCUT2D eigenvalue weighted by atomic mass is 10.1. The Morgan fingerprint density at radius 1 is 1.07 bits per heavy atom. The highest BCUT2D eigenvalue weighted by molar-refractivity contribution is 5.98. The third-order valence-corrected chi connectivity index (χ3v) is 4.74. The highest BCUT2D eigenvalue weighted by atomic mass is 16.5. The molecule has 1 aliphatic heterocycles. The van der Waals surface area contributed by atoms with E-state index in [2.05, 4.69) is 4.74 Å². The number of hydrogen-bond acceptors (Lipinski definition) is 6. The van der Waals surface area contributed by atoms with E-state index in [0.717, 1.165) is 12.2 Å². The molecule has 2 rings (SSSR count). The van der Waals surface area contributed by atoms with E-state index in [4.69, 9.17) is 4.74 Å². The molecule has 2 amide bonds. The number of likely N-dealkylation sites (N-methyl/N-ethyl adjacent to an activating group) is 1. The summed E-state index contributed by atoms with van der Waals surface area (Å²) in [5.74, 6) is -1.88. The normalized spacial score (nSPS) is 18.5. The van der Waals surface area contributed by atoms with Crippen molar-refractivity contribution in [2.24, 2.45) is 0 Å². The van der Waals surface area contributed by atoms with Crippen molar-refractivity contribution in [3.63, 3.8) is 0 Å². The Labute approximate surface area is 170 Å². The van der Waals surface area contributed by atoms with E-state index in [1.54, 1.807) is 35.2 Å². The van der Waals surface area contributed by atoms with Crippen LogP contribution in [0.4, 0.5) is 0 Å². The predicted octanol–water partition coefficient (Wildman–Crippen LogP) is 1.41. The molecule has 1 aromatic rings. The minimum Gasteiger partial charge on any atom is -0.466 e. The van der Waals surface area contributed by atoms with E-state index in [1.165, 1.54) is 12.0 Å². The molecular weight excluding hydrogens is 376 g/mol. The minimum atomic E-state index is -0.733. The number of ether oxygens (including phenoxy) is 2. The van der Waals surface area contributed by atoms with Crippen LogP contribution in [0.5, 0.6) is 0 Å². The molecule has 1 aromatic carbocycles. The second-order valence-electron chi connectivity index (χ2n) is 6.50. The number of carbonyl (C=O) groups is 4. The molecule has 0 unspecified atom stereocenters. The van der Waals surface area contributed by atoms with Gasteiger partial charge >= 0.3 is 11.9 Å². The zero-order valence-corrected chi connectivity index (χ0v) is 16.9. The van der Waals surface area contributed by atoms with E-state index in [0.29, 0.717) is 18.7 Å².